The Bertz CT molecular complexity index is 470. The Hall–Kier alpha value is -0.740. The van der Waals surface area contributed by atoms with Crippen LogP contribution in [0.15, 0.2) is 16.6 Å². The molecule has 0 heterocycles. The van der Waals surface area contributed by atoms with E-state index in [4.69, 9.17) is 4.74 Å². The lowest BCUT2D eigenvalue weighted by Crippen LogP contribution is -2.34. The summed E-state index contributed by atoms with van der Waals surface area (Å²) in [5.74, 6) is 1.63. The van der Waals surface area contributed by atoms with Gasteiger partial charge in [-0.2, -0.15) is 0 Å². The molecule has 0 spiro atoms. The monoisotopic (exact) mass is 355 g/mol. The van der Waals surface area contributed by atoms with Crippen molar-refractivity contribution < 1.29 is 9.84 Å². The number of phenolic OH excluding ortho intramolecular Hbond substituents is 1. The molecule has 1 aromatic rings. The van der Waals surface area contributed by atoms with Crippen LogP contribution in [-0.2, 0) is 6.54 Å². The van der Waals surface area contributed by atoms with Crippen molar-refractivity contribution in [2.24, 2.45) is 5.92 Å². The quantitative estimate of drug-likeness (QED) is 0.839. The van der Waals surface area contributed by atoms with Crippen LogP contribution in [0.3, 0.4) is 0 Å². The van der Waals surface area contributed by atoms with Gasteiger partial charge in [0, 0.05) is 12.6 Å². The summed E-state index contributed by atoms with van der Waals surface area (Å²) in [6.45, 7) is 3.19. The number of hydrogen-bond donors (Lipinski definition) is 1. The molecule has 1 N–H and O–H groups in total. The average molecular weight is 356 g/mol. The Kier molecular flexibility index (Phi) is 5.94. The van der Waals surface area contributed by atoms with E-state index in [1.165, 1.54) is 32.1 Å². The van der Waals surface area contributed by atoms with Crippen LogP contribution in [0.2, 0.25) is 0 Å². The number of hydrogen-bond acceptors (Lipinski definition) is 3. The van der Waals surface area contributed by atoms with Crippen LogP contribution in [0.4, 0.5) is 0 Å². The minimum Gasteiger partial charge on any atom is -0.503 e. The summed E-state index contributed by atoms with van der Waals surface area (Å²) < 4.78 is 5.92. The van der Waals surface area contributed by atoms with E-state index in [0.717, 1.165) is 18.0 Å². The third-order valence-corrected chi connectivity index (χ3v) is 5.36. The van der Waals surface area contributed by atoms with Gasteiger partial charge in [0.2, 0.25) is 0 Å². The van der Waals surface area contributed by atoms with Crippen molar-refractivity contribution >= 4 is 15.9 Å². The van der Waals surface area contributed by atoms with Gasteiger partial charge in [0.25, 0.3) is 0 Å². The SMILES string of the molecule is CCC1CCC(N(C)Cc2cc(Br)c(O)c(OC)c2)CC1. The lowest BCUT2D eigenvalue weighted by atomic mass is 9.84. The molecule has 0 bridgehead atoms. The predicted molar refractivity (Wildman–Crippen MR) is 89.9 cm³/mol. The molecule has 4 heteroatoms. The van der Waals surface area contributed by atoms with Gasteiger partial charge in [-0.05, 0) is 72.3 Å². The van der Waals surface area contributed by atoms with Gasteiger partial charge in [-0.15, -0.1) is 0 Å². The van der Waals surface area contributed by atoms with Crippen LogP contribution < -0.4 is 4.74 Å². The zero-order valence-electron chi connectivity index (χ0n) is 13.2. The van der Waals surface area contributed by atoms with Gasteiger partial charge in [0.05, 0.1) is 11.6 Å². The number of nitrogens with zero attached hydrogens (tertiary/aromatic N) is 1. The summed E-state index contributed by atoms with van der Waals surface area (Å²) in [5.41, 5.74) is 1.16. The van der Waals surface area contributed by atoms with E-state index >= 15 is 0 Å². The normalized spacial score (nSPS) is 22.5. The number of phenols is 1. The minimum absolute atomic E-state index is 0.173. The van der Waals surface area contributed by atoms with E-state index in [2.05, 4.69) is 34.8 Å². The zero-order valence-corrected chi connectivity index (χ0v) is 14.8. The average Bonchev–Trinajstić information content (AvgIpc) is 2.50. The minimum atomic E-state index is 0.173. The van der Waals surface area contributed by atoms with E-state index in [0.29, 0.717) is 16.3 Å². The summed E-state index contributed by atoms with van der Waals surface area (Å²) in [5, 5.41) is 9.88. The van der Waals surface area contributed by atoms with Crippen molar-refractivity contribution in [2.75, 3.05) is 14.2 Å². The number of ether oxygens (including phenoxy) is 1. The van der Waals surface area contributed by atoms with Crippen molar-refractivity contribution in [3.8, 4) is 11.5 Å². The van der Waals surface area contributed by atoms with Crippen LogP contribution in [0.25, 0.3) is 0 Å². The first-order chi connectivity index (χ1) is 10.0. The highest BCUT2D eigenvalue weighted by molar-refractivity contribution is 9.10. The van der Waals surface area contributed by atoms with Gasteiger partial charge >= 0.3 is 0 Å². The lowest BCUT2D eigenvalue weighted by Gasteiger charge is -2.34. The summed E-state index contributed by atoms with van der Waals surface area (Å²) in [4.78, 5) is 2.43. The van der Waals surface area contributed by atoms with Gasteiger partial charge in [-0.1, -0.05) is 13.3 Å². The second-order valence-electron chi connectivity index (χ2n) is 6.13. The first-order valence-corrected chi connectivity index (χ1v) is 8.60. The van der Waals surface area contributed by atoms with Crippen LogP contribution in [-0.4, -0.2) is 30.2 Å². The van der Waals surface area contributed by atoms with Crippen LogP contribution in [0, 0.1) is 5.92 Å². The lowest BCUT2D eigenvalue weighted by molar-refractivity contribution is 0.157. The molecule has 0 amide bonds. The smallest absolute Gasteiger partial charge is 0.172 e. The molecule has 21 heavy (non-hydrogen) atoms. The number of rotatable bonds is 5. The molecule has 1 aliphatic rings. The first-order valence-electron chi connectivity index (χ1n) is 7.80. The standard InChI is InChI=1S/C17H26BrNO2/c1-4-12-5-7-14(8-6-12)19(2)11-13-9-15(18)17(20)16(10-13)21-3/h9-10,12,14,20H,4-8,11H2,1-3H3. The van der Waals surface area contributed by atoms with E-state index in [1.54, 1.807) is 7.11 Å². The third-order valence-electron chi connectivity index (χ3n) is 4.76. The summed E-state index contributed by atoms with van der Waals surface area (Å²) in [7, 11) is 3.78. The topological polar surface area (TPSA) is 32.7 Å². The Morgan fingerprint density at radius 2 is 1.95 bits per heavy atom. The molecular formula is C17H26BrNO2. The van der Waals surface area contributed by atoms with Crippen molar-refractivity contribution in [3.05, 3.63) is 22.2 Å². The summed E-state index contributed by atoms with van der Waals surface area (Å²) in [6, 6.07) is 4.58. The Morgan fingerprint density at radius 3 is 2.52 bits per heavy atom. The Balaban J connectivity index is 2.00. The van der Waals surface area contributed by atoms with Crippen molar-refractivity contribution in [1.29, 1.82) is 0 Å². The molecule has 1 aromatic carbocycles. The molecule has 0 aromatic heterocycles. The number of methoxy groups -OCH3 is 1. The molecule has 2 rings (SSSR count). The fourth-order valence-electron chi connectivity index (χ4n) is 3.29. The van der Waals surface area contributed by atoms with Gasteiger partial charge in [0.15, 0.2) is 11.5 Å². The van der Waals surface area contributed by atoms with Crippen molar-refractivity contribution in [2.45, 2.75) is 51.6 Å². The Labute approximate surface area is 136 Å². The number of benzene rings is 1. The van der Waals surface area contributed by atoms with E-state index < -0.39 is 0 Å². The fraction of sp³-hybridized carbons (Fsp3) is 0.647. The fourth-order valence-corrected chi connectivity index (χ4v) is 3.77. The van der Waals surface area contributed by atoms with E-state index in [9.17, 15) is 5.11 Å². The first kappa shape index (κ1) is 16.6. The highest BCUT2D eigenvalue weighted by atomic mass is 79.9. The second-order valence-corrected chi connectivity index (χ2v) is 6.98. The van der Waals surface area contributed by atoms with Crippen LogP contribution >= 0.6 is 15.9 Å². The largest absolute Gasteiger partial charge is 0.503 e. The van der Waals surface area contributed by atoms with Gasteiger partial charge in [-0.3, -0.25) is 4.90 Å². The van der Waals surface area contributed by atoms with E-state index in [-0.39, 0.29) is 5.75 Å². The van der Waals surface area contributed by atoms with Crippen LogP contribution in [0.5, 0.6) is 11.5 Å². The zero-order chi connectivity index (χ0) is 15.4. The van der Waals surface area contributed by atoms with Gasteiger partial charge in [0.1, 0.15) is 0 Å². The third kappa shape index (κ3) is 4.13. The van der Waals surface area contributed by atoms with Crippen molar-refractivity contribution in [1.82, 2.24) is 4.90 Å². The van der Waals surface area contributed by atoms with Gasteiger partial charge < -0.3 is 9.84 Å². The molecule has 1 saturated carbocycles. The van der Waals surface area contributed by atoms with Crippen LogP contribution in [0.1, 0.15) is 44.6 Å². The van der Waals surface area contributed by atoms with Gasteiger partial charge in [-0.25, -0.2) is 0 Å². The van der Waals surface area contributed by atoms with Crippen molar-refractivity contribution in [3.63, 3.8) is 0 Å². The molecule has 0 radical (unpaired) electrons. The molecule has 3 nitrogen and oxygen atoms in total. The molecule has 0 atom stereocenters. The van der Waals surface area contributed by atoms with E-state index in [1.807, 2.05) is 12.1 Å². The predicted octanol–water partition coefficient (Wildman–Crippen LogP) is 4.56. The maximum Gasteiger partial charge on any atom is 0.172 e. The summed E-state index contributed by atoms with van der Waals surface area (Å²) >= 11 is 3.39. The molecule has 1 fully saturated rings. The maximum atomic E-state index is 9.88. The second kappa shape index (κ2) is 7.50. The molecule has 0 unspecified atom stereocenters. The highest BCUT2D eigenvalue weighted by Gasteiger charge is 2.23. The maximum absolute atomic E-state index is 9.88. The molecule has 1 aliphatic carbocycles. The molecule has 0 saturated heterocycles. The number of aromatic hydroxyl groups is 1. The molecule has 118 valence electrons. The number of halogens is 1. The summed E-state index contributed by atoms with van der Waals surface area (Å²) in [6.07, 6.45) is 6.62. The molecular weight excluding hydrogens is 330 g/mol. The molecule has 0 aliphatic heterocycles. The Morgan fingerprint density at radius 1 is 1.29 bits per heavy atom. The highest BCUT2D eigenvalue weighted by Crippen LogP contribution is 2.36.